The van der Waals surface area contributed by atoms with Crippen LogP contribution in [0.15, 0.2) is 18.2 Å². The first-order valence-electron chi connectivity index (χ1n) is 4.70. The molecule has 0 bridgehead atoms. The molecule has 0 atom stereocenters. The Morgan fingerprint density at radius 2 is 2.19 bits per heavy atom. The molecule has 85 valence electrons. The molecule has 16 heavy (non-hydrogen) atoms. The first-order valence-corrected chi connectivity index (χ1v) is 6.31. The van der Waals surface area contributed by atoms with Crippen molar-refractivity contribution in [2.45, 2.75) is 12.2 Å². The molecule has 0 amide bonds. The van der Waals surface area contributed by atoms with Gasteiger partial charge in [-0.25, -0.2) is 4.98 Å². The van der Waals surface area contributed by atoms with E-state index in [2.05, 4.69) is 16.9 Å². The molecule has 1 radical (unpaired) electrons. The minimum atomic E-state index is -3.99. The van der Waals surface area contributed by atoms with Crippen LogP contribution >= 0.6 is 0 Å². The molecule has 0 aliphatic heterocycles. The third-order valence-corrected chi connectivity index (χ3v) is 2.88. The number of aromatic amines is 1. The summed E-state index contributed by atoms with van der Waals surface area (Å²) in [4.78, 5) is 7.26. The van der Waals surface area contributed by atoms with E-state index in [0.29, 0.717) is 12.0 Å². The second-order valence-electron chi connectivity index (χ2n) is 3.51. The van der Waals surface area contributed by atoms with Crippen molar-refractivity contribution in [2.75, 3.05) is 0 Å². The summed E-state index contributed by atoms with van der Waals surface area (Å²) < 4.78 is 30.2. The lowest BCUT2D eigenvalue weighted by atomic mass is 10.2. The van der Waals surface area contributed by atoms with Crippen molar-refractivity contribution >= 4 is 21.2 Å². The predicted octanol–water partition coefficient (Wildman–Crippen LogP) is 1.33. The number of hydrogen-bond donors (Lipinski definition) is 2. The van der Waals surface area contributed by atoms with Gasteiger partial charge in [-0.15, -0.1) is 0 Å². The van der Waals surface area contributed by atoms with Gasteiger partial charge in [0.25, 0.3) is 10.1 Å². The van der Waals surface area contributed by atoms with Crippen LogP contribution in [0.1, 0.15) is 11.4 Å². The van der Waals surface area contributed by atoms with Gasteiger partial charge in [-0.05, 0) is 24.6 Å². The van der Waals surface area contributed by atoms with Crippen LogP contribution in [0.25, 0.3) is 11.0 Å². The van der Waals surface area contributed by atoms with Crippen LogP contribution in [0.5, 0.6) is 0 Å². The van der Waals surface area contributed by atoms with E-state index in [1.54, 1.807) is 18.2 Å². The Morgan fingerprint density at radius 1 is 1.44 bits per heavy atom. The van der Waals surface area contributed by atoms with Gasteiger partial charge in [0, 0.05) is 6.42 Å². The van der Waals surface area contributed by atoms with Crippen molar-refractivity contribution in [1.29, 1.82) is 0 Å². The lowest BCUT2D eigenvalue weighted by molar-refractivity contribution is 0.482. The van der Waals surface area contributed by atoms with Crippen molar-refractivity contribution in [3.63, 3.8) is 0 Å². The smallest absolute Gasteiger partial charge is 0.269 e. The van der Waals surface area contributed by atoms with Crippen LogP contribution in [-0.4, -0.2) is 22.9 Å². The molecule has 0 spiro atoms. The second-order valence-corrected chi connectivity index (χ2v) is 4.96. The number of imidazole rings is 1. The molecule has 0 aliphatic rings. The van der Waals surface area contributed by atoms with E-state index < -0.39 is 10.1 Å². The van der Waals surface area contributed by atoms with E-state index in [-0.39, 0.29) is 5.75 Å². The molecule has 6 heteroatoms. The quantitative estimate of drug-likeness (QED) is 0.791. The Balaban J connectivity index is 2.43. The summed E-state index contributed by atoms with van der Waals surface area (Å²) in [6.45, 7) is 3.70. The van der Waals surface area contributed by atoms with Gasteiger partial charge in [0.15, 0.2) is 0 Å². The van der Waals surface area contributed by atoms with Crippen LogP contribution < -0.4 is 0 Å². The van der Waals surface area contributed by atoms with Crippen LogP contribution in [0, 0.1) is 6.92 Å². The maximum Gasteiger partial charge on any atom is 0.269 e. The van der Waals surface area contributed by atoms with Gasteiger partial charge in [-0.2, -0.15) is 8.42 Å². The highest BCUT2D eigenvalue weighted by molar-refractivity contribution is 7.85. The predicted molar refractivity (Wildman–Crippen MR) is 60.4 cm³/mol. The van der Waals surface area contributed by atoms with Crippen molar-refractivity contribution in [1.82, 2.24) is 9.97 Å². The molecule has 0 aliphatic carbocycles. The Bertz CT molecular complexity index is 616. The number of nitrogens with zero attached hydrogens (tertiary/aromatic N) is 1. The zero-order valence-corrected chi connectivity index (χ0v) is 9.29. The maximum atomic E-state index is 10.7. The fourth-order valence-corrected chi connectivity index (χ4v) is 2.13. The van der Waals surface area contributed by atoms with E-state index in [0.717, 1.165) is 16.9 Å². The number of nitrogens with one attached hydrogen (secondary N) is 1. The summed E-state index contributed by atoms with van der Waals surface area (Å²) in [5.74, 6) is 0.362. The molecule has 2 aromatic rings. The van der Waals surface area contributed by atoms with E-state index in [4.69, 9.17) is 4.55 Å². The van der Waals surface area contributed by atoms with Crippen molar-refractivity contribution < 1.29 is 13.0 Å². The first kappa shape index (κ1) is 11.1. The largest absolute Gasteiger partial charge is 0.342 e. The number of benzene rings is 1. The van der Waals surface area contributed by atoms with Crippen LogP contribution in [0.3, 0.4) is 0 Å². The Kier molecular flexibility index (Phi) is 2.69. The van der Waals surface area contributed by atoms with E-state index in [1.807, 2.05) is 0 Å². The minimum absolute atomic E-state index is 0.387. The third-order valence-electron chi connectivity index (χ3n) is 2.18. The first-order chi connectivity index (χ1) is 7.48. The Hall–Kier alpha value is -1.40. The highest BCUT2D eigenvalue weighted by Crippen LogP contribution is 2.15. The fraction of sp³-hybridized carbons (Fsp3) is 0.200. The standard InChI is InChI=1S/C10H11N2O3S/c1-2-10-11-8-4-3-7(5-9(8)12-10)6-16(13,14)15/h3-5H,1-2,6H2,(H,11,12)(H,13,14,15). The lowest BCUT2D eigenvalue weighted by Gasteiger charge is -1.97. The van der Waals surface area contributed by atoms with Crippen LogP contribution in [-0.2, 0) is 22.3 Å². The normalized spacial score (nSPS) is 12.1. The summed E-state index contributed by atoms with van der Waals surface area (Å²) in [6.07, 6.45) is 0.544. The monoisotopic (exact) mass is 239 g/mol. The zero-order chi connectivity index (χ0) is 11.8. The highest BCUT2D eigenvalue weighted by atomic mass is 32.2. The third kappa shape index (κ3) is 2.40. The van der Waals surface area contributed by atoms with Crippen LogP contribution in [0.2, 0.25) is 0 Å². The molecule has 5 nitrogen and oxygen atoms in total. The number of hydrogen-bond acceptors (Lipinski definition) is 3. The molecule has 1 heterocycles. The average molecular weight is 239 g/mol. The molecule has 0 saturated carbocycles. The molecule has 0 saturated heterocycles. The SMILES string of the molecule is [CH2]Cc1nc2ccc(CS(=O)(=O)O)cc2[nH]1. The van der Waals surface area contributed by atoms with Gasteiger partial charge in [0.1, 0.15) is 11.6 Å². The number of aromatic nitrogens is 2. The topological polar surface area (TPSA) is 83.1 Å². The minimum Gasteiger partial charge on any atom is -0.342 e. The summed E-state index contributed by atoms with van der Waals surface area (Å²) in [6, 6.07) is 5.00. The molecular formula is C10H11N2O3S. The van der Waals surface area contributed by atoms with E-state index in [9.17, 15) is 8.42 Å². The van der Waals surface area contributed by atoms with Crippen LogP contribution in [0.4, 0.5) is 0 Å². The zero-order valence-electron chi connectivity index (χ0n) is 8.47. The molecule has 0 fully saturated rings. The molecule has 1 aromatic heterocycles. The van der Waals surface area contributed by atoms with Gasteiger partial charge >= 0.3 is 0 Å². The van der Waals surface area contributed by atoms with E-state index in [1.165, 1.54) is 0 Å². The maximum absolute atomic E-state index is 10.7. The summed E-state index contributed by atoms with van der Waals surface area (Å²) in [7, 11) is -3.99. The fourth-order valence-electron chi connectivity index (χ4n) is 1.53. The Morgan fingerprint density at radius 3 is 2.81 bits per heavy atom. The summed E-state index contributed by atoms with van der Waals surface area (Å²) in [5, 5.41) is 0. The van der Waals surface area contributed by atoms with E-state index >= 15 is 0 Å². The second kappa shape index (κ2) is 3.88. The summed E-state index contributed by atoms with van der Waals surface area (Å²) >= 11 is 0. The molecule has 2 rings (SSSR count). The number of H-pyrrole nitrogens is 1. The lowest BCUT2D eigenvalue weighted by Crippen LogP contribution is -2.01. The highest BCUT2D eigenvalue weighted by Gasteiger charge is 2.08. The van der Waals surface area contributed by atoms with Gasteiger partial charge in [-0.3, -0.25) is 4.55 Å². The number of fused-ring (bicyclic) bond motifs is 1. The van der Waals surface area contributed by atoms with Crippen molar-refractivity contribution in [3.8, 4) is 0 Å². The molecular weight excluding hydrogens is 228 g/mol. The van der Waals surface area contributed by atoms with Crippen molar-refractivity contribution in [3.05, 3.63) is 36.5 Å². The van der Waals surface area contributed by atoms with Gasteiger partial charge in [-0.1, -0.05) is 6.07 Å². The van der Waals surface area contributed by atoms with Crippen molar-refractivity contribution in [2.24, 2.45) is 0 Å². The molecule has 0 unspecified atom stereocenters. The number of rotatable bonds is 3. The summed E-state index contributed by atoms with van der Waals surface area (Å²) in [5.41, 5.74) is 2.03. The molecule has 2 N–H and O–H groups in total. The van der Waals surface area contributed by atoms with Gasteiger partial charge in [0.05, 0.1) is 11.0 Å². The van der Waals surface area contributed by atoms with Gasteiger partial charge < -0.3 is 4.98 Å². The van der Waals surface area contributed by atoms with Gasteiger partial charge in [0.2, 0.25) is 0 Å². The molecule has 1 aromatic carbocycles. The average Bonchev–Trinajstić information content (AvgIpc) is 2.57. The Labute approximate surface area is 93.3 Å².